The first-order valence-electron chi connectivity index (χ1n) is 5.20. The zero-order valence-electron chi connectivity index (χ0n) is 8.57. The highest BCUT2D eigenvalue weighted by Crippen LogP contribution is 2.57. The lowest BCUT2D eigenvalue weighted by Crippen LogP contribution is -2.10. The molecule has 72 valence electrons. The van der Waals surface area contributed by atoms with Gasteiger partial charge in [0.15, 0.2) is 0 Å². The summed E-state index contributed by atoms with van der Waals surface area (Å²) in [6, 6.07) is 0. The van der Waals surface area contributed by atoms with Crippen molar-refractivity contribution in [1.82, 2.24) is 0 Å². The van der Waals surface area contributed by atoms with E-state index < -0.39 is 0 Å². The molecule has 0 aromatic carbocycles. The van der Waals surface area contributed by atoms with E-state index in [1.54, 1.807) is 0 Å². The molecule has 0 bridgehead atoms. The van der Waals surface area contributed by atoms with Gasteiger partial charge < -0.3 is 0 Å². The van der Waals surface area contributed by atoms with Gasteiger partial charge in [-0.1, -0.05) is 49.5 Å². The van der Waals surface area contributed by atoms with E-state index in [0.29, 0.717) is 5.41 Å². The van der Waals surface area contributed by atoms with Gasteiger partial charge in [0.05, 0.1) is 0 Å². The van der Waals surface area contributed by atoms with Crippen LogP contribution >= 0.6 is 15.9 Å². The Labute approximate surface area is 85.3 Å². The topological polar surface area (TPSA) is 0 Å². The van der Waals surface area contributed by atoms with E-state index in [2.05, 4.69) is 36.7 Å². The second-order valence-corrected chi connectivity index (χ2v) is 5.26. The predicted molar refractivity (Wildman–Crippen MR) is 58.7 cm³/mol. The summed E-state index contributed by atoms with van der Waals surface area (Å²) in [5.41, 5.74) is 0.689. The minimum Gasteiger partial charge on any atom is -0.0922 e. The largest absolute Gasteiger partial charge is 0.0922 e. The Kier molecular flexibility index (Phi) is 3.63. The van der Waals surface area contributed by atoms with Crippen molar-refractivity contribution in [1.29, 1.82) is 0 Å². The molecule has 0 spiro atoms. The summed E-state index contributed by atoms with van der Waals surface area (Å²) in [6.07, 6.45) is 5.63. The molecule has 0 aromatic rings. The highest BCUT2D eigenvalue weighted by Gasteiger charge is 2.49. The monoisotopic (exact) mass is 232 g/mol. The number of hydrogen-bond acceptors (Lipinski definition) is 0. The standard InChI is InChI=1S/C11H21Br/c1-4-5-9(2)6-11(8-12)7-10(11)3/h9-10H,4-8H2,1-3H3. The first-order chi connectivity index (χ1) is 5.64. The van der Waals surface area contributed by atoms with Gasteiger partial charge in [-0.15, -0.1) is 0 Å². The van der Waals surface area contributed by atoms with Gasteiger partial charge in [-0.2, -0.15) is 0 Å². The highest BCUT2D eigenvalue weighted by atomic mass is 79.9. The first-order valence-corrected chi connectivity index (χ1v) is 6.32. The summed E-state index contributed by atoms with van der Waals surface area (Å²) in [5, 5.41) is 1.22. The Morgan fingerprint density at radius 1 is 1.58 bits per heavy atom. The zero-order valence-corrected chi connectivity index (χ0v) is 10.2. The van der Waals surface area contributed by atoms with Crippen molar-refractivity contribution < 1.29 is 0 Å². The van der Waals surface area contributed by atoms with E-state index >= 15 is 0 Å². The van der Waals surface area contributed by atoms with Gasteiger partial charge in [0.2, 0.25) is 0 Å². The second kappa shape index (κ2) is 4.13. The van der Waals surface area contributed by atoms with Gasteiger partial charge >= 0.3 is 0 Å². The smallest absolute Gasteiger partial charge is 0.00907 e. The summed E-state index contributed by atoms with van der Waals surface area (Å²) >= 11 is 3.65. The molecule has 0 heterocycles. The maximum Gasteiger partial charge on any atom is 0.00907 e. The van der Waals surface area contributed by atoms with Crippen molar-refractivity contribution in [3.8, 4) is 0 Å². The maximum atomic E-state index is 3.65. The number of hydrogen-bond donors (Lipinski definition) is 0. The van der Waals surface area contributed by atoms with E-state index in [0.717, 1.165) is 11.8 Å². The first kappa shape index (κ1) is 10.6. The van der Waals surface area contributed by atoms with Crippen LogP contribution in [0.5, 0.6) is 0 Å². The maximum absolute atomic E-state index is 3.65. The molecule has 0 N–H and O–H groups in total. The molecule has 1 rings (SSSR count). The van der Waals surface area contributed by atoms with E-state index in [-0.39, 0.29) is 0 Å². The third-order valence-electron chi connectivity index (χ3n) is 3.40. The summed E-state index contributed by atoms with van der Waals surface area (Å²) in [7, 11) is 0. The van der Waals surface area contributed by atoms with E-state index in [4.69, 9.17) is 0 Å². The molecule has 1 aliphatic carbocycles. The molecule has 1 aliphatic rings. The SMILES string of the molecule is CCCC(C)CC1(CBr)CC1C. The highest BCUT2D eigenvalue weighted by molar-refractivity contribution is 9.09. The average molecular weight is 233 g/mol. The Hall–Kier alpha value is 0.480. The van der Waals surface area contributed by atoms with Gasteiger partial charge in [0, 0.05) is 5.33 Å². The molecule has 1 heteroatoms. The summed E-state index contributed by atoms with van der Waals surface area (Å²) in [4.78, 5) is 0. The molecular weight excluding hydrogens is 212 g/mol. The van der Waals surface area contributed by atoms with Crippen LogP contribution in [0.1, 0.15) is 46.5 Å². The van der Waals surface area contributed by atoms with Crippen LogP contribution in [-0.2, 0) is 0 Å². The third kappa shape index (κ3) is 2.25. The normalized spacial score (nSPS) is 36.5. The molecule has 0 nitrogen and oxygen atoms in total. The van der Waals surface area contributed by atoms with Crippen LogP contribution in [0.15, 0.2) is 0 Å². The van der Waals surface area contributed by atoms with Crippen molar-refractivity contribution in [2.45, 2.75) is 46.5 Å². The average Bonchev–Trinajstić information content (AvgIpc) is 2.63. The van der Waals surface area contributed by atoms with Gasteiger partial charge in [-0.25, -0.2) is 0 Å². The summed E-state index contributed by atoms with van der Waals surface area (Å²) < 4.78 is 0. The van der Waals surface area contributed by atoms with Crippen LogP contribution in [-0.4, -0.2) is 5.33 Å². The fraction of sp³-hybridized carbons (Fsp3) is 1.00. The van der Waals surface area contributed by atoms with Crippen LogP contribution in [0, 0.1) is 17.3 Å². The predicted octanol–water partition coefficient (Wildman–Crippen LogP) is 4.23. The van der Waals surface area contributed by atoms with Gasteiger partial charge in [0.25, 0.3) is 0 Å². The van der Waals surface area contributed by atoms with Gasteiger partial charge in [0.1, 0.15) is 0 Å². The van der Waals surface area contributed by atoms with E-state index in [9.17, 15) is 0 Å². The van der Waals surface area contributed by atoms with E-state index in [1.165, 1.54) is 31.0 Å². The number of halogens is 1. The summed E-state index contributed by atoms with van der Waals surface area (Å²) in [6.45, 7) is 7.08. The van der Waals surface area contributed by atoms with E-state index in [1.807, 2.05) is 0 Å². The molecule has 3 atom stereocenters. The van der Waals surface area contributed by atoms with Crippen LogP contribution in [0.3, 0.4) is 0 Å². The minimum atomic E-state index is 0.689. The fourth-order valence-corrected chi connectivity index (χ4v) is 3.38. The quantitative estimate of drug-likeness (QED) is 0.623. The molecule has 0 aliphatic heterocycles. The van der Waals surface area contributed by atoms with Crippen molar-refractivity contribution >= 4 is 15.9 Å². The molecule has 0 radical (unpaired) electrons. The van der Waals surface area contributed by atoms with Gasteiger partial charge in [-0.3, -0.25) is 0 Å². The molecule has 1 fully saturated rings. The van der Waals surface area contributed by atoms with Crippen LogP contribution < -0.4 is 0 Å². The van der Waals surface area contributed by atoms with Crippen LogP contribution in [0.4, 0.5) is 0 Å². The van der Waals surface area contributed by atoms with Crippen molar-refractivity contribution in [2.75, 3.05) is 5.33 Å². The van der Waals surface area contributed by atoms with Crippen molar-refractivity contribution in [3.63, 3.8) is 0 Å². The Morgan fingerprint density at radius 2 is 2.17 bits per heavy atom. The molecule has 12 heavy (non-hydrogen) atoms. The van der Waals surface area contributed by atoms with Crippen molar-refractivity contribution in [2.24, 2.45) is 17.3 Å². The minimum absolute atomic E-state index is 0.689. The van der Waals surface area contributed by atoms with Crippen LogP contribution in [0.2, 0.25) is 0 Å². The fourth-order valence-electron chi connectivity index (χ4n) is 2.37. The molecule has 3 unspecified atom stereocenters. The lowest BCUT2D eigenvalue weighted by atomic mass is 9.90. The zero-order chi connectivity index (χ0) is 9.19. The lowest BCUT2D eigenvalue weighted by Gasteiger charge is -2.18. The number of alkyl halides is 1. The molecular formula is C11H21Br. The molecule has 1 saturated carbocycles. The van der Waals surface area contributed by atoms with Crippen LogP contribution in [0.25, 0.3) is 0 Å². The second-order valence-electron chi connectivity index (χ2n) is 4.70. The summed E-state index contributed by atoms with van der Waals surface area (Å²) in [5.74, 6) is 1.90. The molecule has 0 aromatic heterocycles. The van der Waals surface area contributed by atoms with Gasteiger partial charge in [-0.05, 0) is 30.1 Å². The molecule has 0 amide bonds. The Balaban J connectivity index is 2.29. The van der Waals surface area contributed by atoms with Crippen molar-refractivity contribution in [3.05, 3.63) is 0 Å². The lowest BCUT2D eigenvalue weighted by molar-refractivity contribution is 0.364. The molecule has 0 saturated heterocycles. The third-order valence-corrected chi connectivity index (χ3v) is 4.52. The Morgan fingerprint density at radius 3 is 2.50 bits per heavy atom. The number of rotatable bonds is 5. The Bertz CT molecular complexity index is 140.